The predicted octanol–water partition coefficient (Wildman–Crippen LogP) is 0.422. The lowest BCUT2D eigenvalue weighted by Crippen LogP contribution is -2.49. The Morgan fingerprint density at radius 2 is 2.04 bits per heavy atom. The summed E-state index contributed by atoms with van der Waals surface area (Å²) in [5.41, 5.74) is 0. The Hall–Kier alpha value is -1.38. The van der Waals surface area contributed by atoms with Gasteiger partial charge in [0.25, 0.3) is 0 Å². The van der Waals surface area contributed by atoms with Gasteiger partial charge in [-0.15, -0.1) is 0 Å². The van der Waals surface area contributed by atoms with Gasteiger partial charge >= 0.3 is 0 Å². The molecule has 24 heavy (non-hydrogen) atoms. The van der Waals surface area contributed by atoms with E-state index in [-0.39, 0.29) is 17.9 Å². The molecule has 1 N–H and O–H groups in total. The summed E-state index contributed by atoms with van der Waals surface area (Å²) < 4.78 is 31.6. The summed E-state index contributed by atoms with van der Waals surface area (Å²) in [6.45, 7) is 4.14. The van der Waals surface area contributed by atoms with E-state index in [1.807, 2.05) is 19.1 Å². The summed E-state index contributed by atoms with van der Waals surface area (Å²) in [4.78, 5) is 14.3. The molecule has 7 nitrogen and oxygen atoms in total. The minimum atomic E-state index is -3.43. The summed E-state index contributed by atoms with van der Waals surface area (Å²) in [6, 6.07) is 3.24. The first-order valence-corrected chi connectivity index (χ1v) is 10.2. The van der Waals surface area contributed by atoms with Crippen LogP contribution in [0.25, 0.3) is 0 Å². The molecular formula is C16H25N3O4S. The normalized spacial score (nSPS) is 28.2. The highest BCUT2D eigenvalue weighted by Gasteiger charge is 2.52. The quantitative estimate of drug-likeness (QED) is 0.828. The molecule has 1 amide bonds. The summed E-state index contributed by atoms with van der Waals surface area (Å²) >= 11 is 0. The lowest BCUT2D eigenvalue weighted by Gasteiger charge is -2.27. The van der Waals surface area contributed by atoms with Crippen LogP contribution in [0.4, 0.5) is 0 Å². The smallest absolute Gasteiger partial charge is 0.238 e. The minimum absolute atomic E-state index is 0.136. The third kappa shape index (κ3) is 3.22. The molecule has 0 spiro atoms. The van der Waals surface area contributed by atoms with Crippen molar-refractivity contribution in [3.05, 3.63) is 23.7 Å². The zero-order valence-corrected chi connectivity index (χ0v) is 15.2. The van der Waals surface area contributed by atoms with Gasteiger partial charge in [0, 0.05) is 32.6 Å². The van der Waals surface area contributed by atoms with Gasteiger partial charge in [-0.25, -0.2) is 8.42 Å². The molecule has 0 bridgehead atoms. The molecule has 2 fully saturated rings. The molecule has 1 unspecified atom stereocenters. The van der Waals surface area contributed by atoms with Crippen LogP contribution in [-0.4, -0.2) is 62.0 Å². The van der Waals surface area contributed by atoms with Crippen LogP contribution in [0.5, 0.6) is 0 Å². The molecular weight excluding hydrogens is 330 g/mol. The second-order valence-corrected chi connectivity index (χ2v) is 8.59. The number of carbonyl (C=O) groups excluding carboxylic acids is 1. The van der Waals surface area contributed by atoms with Gasteiger partial charge in [0.2, 0.25) is 15.9 Å². The number of aryl methyl sites for hydroxylation is 1. The van der Waals surface area contributed by atoms with Crippen molar-refractivity contribution < 1.29 is 17.6 Å². The fourth-order valence-electron chi connectivity index (χ4n) is 4.00. The number of likely N-dealkylation sites (tertiary alicyclic amines) is 1. The van der Waals surface area contributed by atoms with E-state index in [1.54, 1.807) is 7.05 Å². The summed E-state index contributed by atoms with van der Waals surface area (Å²) in [5, 5.41) is 2.58. The molecule has 2 aliphatic heterocycles. The average Bonchev–Trinajstić information content (AvgIpc) is 3.18. The largest absolute Gasteiger partial charge is 0.465 e. The van der Waals surface area contributed by atoms with Crippen molar-refractivity contribution in [3.8, 4) is 0 Å². The summed E-state index contributed by atoms with van der Waals surface area (Å²) in [5.74, 6) is 1.82. The molecule has 0 saturated carbocycles. The monoisotopic (exact) mass is 355 g/mol. The number of hydrogen-bond donors (Lipinski definition) is 1. The van der Waals surface area contributed by atoms with Crippen LogP contribution in [0.1, 0.15) is 24.9 Å². The van der Waals surface area contributed by atoms with Crippen molar-refractivity contribution in [3.63, 3.8) is 0 Å². The van der Waals surface area contributed by atoms with Crippen LogP contribution < -0.4 is 5.32 Å². The molecule has 3 rings (SSSR count). The van der Waals surface area contributed by atoms with Gasteiger partial charge in [-0.05, 0) is 24.5 Å². The van der Waals surface area contributed by atoms with Gasteiger partial charge < -0.3 is 9.73 Å². The number of rotatable bonds is 5. The first kappa shape index (κ1) is 17.4. The van der Waals surface area contributed by atoms with E-state index in [9.17, 15) is 13.2 Å². The SMILES string of the molecule is CCc1ccc(CN2C[C@@H]3CC(C(=O)NC)N(S(C)(=O)=O)[C@@H]3C2)o1. The molecule has 1 aromatic heterocycles. The van der Waals surface area contributed by atoms with E-state index in [1.165, 1.54) is 10.6 Å². The van der Waals surface area contributed by atoms with Crippen molar-refractivity contribution in [2.75, 3.05) is 26.4 Å². The van der Waals surface area contributed by atoms with Crippen LogP contribution in [0.2, 0.25) is 0 Å². The second-order valence-electron chi connectivity index (χ2n) is 6.70. The van der Waals surface area contributed by atoms with Gasteiger partial charge in [-0.2, -0.15) is 4.31 Å². The van der Waals surface area contributed by atoms with Crippen molar-refractivity contribution >= 4 is 15.9 Å². The Bertz CT molecular complexity index is 715. The van der Waals surface area contributed by atoms with Gasteiger partial charge in [-0.1, -0.05) is 6.92 Å². The topological polar surface area (TPSA) is 82.9 Å². The molecule has 134 valence electrons. The second kappa shape index (κ2) is 6.50. The number of furan rings is 1. The predicted molar refractivity (Wildman–Crippen MR) is 89.8 cm³/mol. The zero-order chi connectivity index (χ0) is 17.5. The number of amides is 1. The number of nitrogens with zero attached hydrogens (tertiary/aromatic N) is 2. The maximum atomic E-state index is 12.2. The standard InChI is InChI=1S/C16H25N3O4S/c1-4-12-5-6-13(23-12)9-18-8-11-7-14(16(20)17-2)19(15(11)10-18)24(3,21)22/h5-6,11,14-15H,4,7-10H2,1-3H3,(H,17,20)/t11-,14?,15+/m0/s1. The Balaban J connectivity index is 1.73. The molecule has 2 aliphatic rings. The molecule has 0 radical (unpaired) electrons. The maximum Gasteiger partial charge on any atom is 0.238 e. The van der Waals surface area contributed by atoms with Crippen LogP contribution in [0.15, 0.2) is 16.5 Å². The van der Waals surface area contributed by atoms with E-state index in [0.717, 1.165) is 24.5 Å². The van der Waals surface area contributed by atoms with Gasteiger partial charge in [0.05, 0.1) is 12.8 Å². The average molecular weight is 355 g/mol. The number of hydrogen-bond acceptors (Lipinski definition) is 5. The Morgan fingerprint density at radius 1 is 1.33 bits per heavy atom. The van der Waals surface area contributed by atoms with E-state index < -0.39 is 16.1 Å². The fraction of sp³-hybridized carbons (Fsp3) is 0.688. The Morgan fingerprint density at radius 3 is 2.62 bits per heavy atom. The number of nitrogens with one attached hydrogen (secondary N) is 1. The highest BCUT2D eigenvalue weighted by Crippen LogP contribution is 2.38. The van der Waals surface area contributed by atoms with E-state index in [4.69, 9.17) is 4.42 Å². The van der Waals surface area contributed by atoms with Crippen molar-refractivity contribution in [2.24, 2.45) is 5.92 Å². The lowest BCUT2D eigenvalue weighted by molar-refractivity contribution is -0.124. The van der Waals surface area contributed by atoms with Gasteiger partial charge in [0.1, 0.15) is 17.6 Å². The van der Waals surface area contributed by atoms with Crippen molar-refractivity contribution in [1.82, 2.24) is 14.5 Å². The van der Waals surface area contributed by atoms with Gasteiger partial charge in [0.15, 0.2) is 0 Å². The zero-order valence-electron chi connectivity index (χ0n) is 14.4. The third-order valence-corrected chi connectivity index (χ3v) is 6.31. The molecule has 0 aliphatic carbocycles. The first-order valence-electron chi connectivity index (χ1n) is 8.33. The van der Waals surface area contributed by atoms with Crippen LogP contribution in [-0.2, 0) is 27.8 Å². The van der Waals surface area contributed by atoms with E-state index in [2.05, 4.69) is 10.2 Å². The molecule has 3 atom stereocenters. The summed E-state index contributed by atoms with van der Waals surface area (Å²) in [6.07, 6.45) is 2.63. The van der Waals surface area contributed by atoms with E-state index in [0.29, 0.717) is 19.5 Å². The molecule has 3 heterocycles. The molecule has 1 aromatic rings. The Labute approximate surface area is 143 Å². The van der Waals surface area contributed by atoms with Gasteiger partial charge in [-0.3, -0.25) is 9.69 Å². The van der Waals surface area contributed by atoms with Crippen LogP contribution >= 0.6 is 0 Å². The fourth-order valence-corrected chi connectivity index (χ4v) is 5.37. The minimum Gasteiger partial charge on any atom is -0.465 e. The number of sulfonamides is 1. The number of fused-ring (bicyclic) bond motifs is 1. The Kier molecular flexibility index (Phi) is 4.72. The van der Waals surface area contributed by atoms with Crippen molar-refractivity contribution in [1.29, 1.82) is 0 Å². The first-order chi connectivity index (χ1) is 11.3. The highest BCUT2D eigenvalue weighted by atomic mass is 32.2. The lowest BCUT2D eigenvalue weighted by atomic mass is 10.0. The molecule has 2 saturated heterocycles. The molecule has 0 aromatic carbocycles. The van der Waals surface area contributed by atoms with E-state index >= 15 is 0 Å². The maximum absolute atomic E-state index is 12.2. The molecule has 8 heteroatoms. The number of carbonyl (C=O) groups is 1. The highest BCUT2D eigenvalue weighted by molar-refractivity contribution is 7.88. The third-order valence-electron chi connectivity index (χ3n) is 5.02. The van der Waals surface area contributed by atoms with Crippen molar-refractivity contribution in [2.45, 2.75) is 38.4 Å². The van der Waals surface area contributed by atoms with Crippen LogP contribution in [0.3, 0.4) is 0 Å². The number of likely N-dealkylation sites (N-methyl/N-ethyl adjacent to an activating group) is 1. The van der Waals surface area contributed by atoms with Crippen LogP contribution in [0, 0.1) is 5.92 Å². The summed E-state index contributed by atoms with van der Waals surface area (Å²) in [7, 11) is -1.89.